The molecule has 30 heavy (non-hydrogen) atoms. The number of carbonyl (C=O) groups excluding carboxylic acids is 1. The lowest BCUT2D eigenvalue weighted by atomic mass is 9.75. The van der Waals surface area contributed by atoms with Gasteiger partial charge >= 0.3 is 5.97 Å². The molecule has 4 aromatic rings. The first-order valence-electron chi connectivity index (χ1n) is 10.1. The minimum Gasteiger partial charge on any atom is -0.405 e. The van der Waals surface area contributed by atoms with Crippen LogP contribution >= 0.6 is 0 Å². The van der Waals surface area contributed by atoms with Crippen molar-refractivity contribution in [1.29, 1.82) is 0 Å². The van der Waals surface area contributed by atoms with E-state index in [1.54, 1.807) is 0 Å². The molecule has 0 spiro atoms. The predicted molar refractivity (Wildman–Crippen MR) is 119 cm³/mol. The van der Waals surface area contributed by atoms with Gasteiger partial charge in [-0.2, -0.15) is 0 Å². The Morgan fingerprint density at radius 3 is 2.27 bits per heavy atom. The fourth-order valence-corrected chi connectivity index (χ4v) is 4.45. The zero-order valence-electron chi connectivity index (χ0n) is 16.9. The molecule has 0 saturated carbocycles. The van der Waals surface area contributed by atoms with Gasteiger partial charge in [-0.15, -0.1) is 0 Å². The molecule has 4 nitrogen and oxygen atoms in total. The third-order valence-electron chi connectivity index (χ3n) is 5.88. The minimum atomic E-state index is -1.08. The van der Waals surface area contributed by atoms with Crippen molar-refractivity contribution in [2.45, 2.75) is 25.3 Å². The summed E-state index contributed by atoms with van der Waals surface area (Å²) in [7, 11) is 0. The maximum absolute atomic E-state index is 13.3. The molecule has 0 bridgehead atoms. The second-order valence-corrected chi connectivity index (χ2v) is 7.87. The molecule has 0 aliphatic carbocycles. The number of aryl methyl sites for hydroxylation is 1. The predicted octanol–water partition coefficient (Wildman–Crippen LogP) is 5.37. The molecule has 148 valence electrons. The number of H-pyrrole nitrogens is 1. The number of nitrogens with one attached hydrogen (secondary N) is 1. The number of esters is 1. The Hall–Kier alpha value is -3.66. The summed E-state index contributed by atoms with van der Waals surface area (Å²) in [6.07, 6.45) is 0. The van der Waals surface area contributed by atoms with E-state index in [9.17, 15) is 4.79 Å². The molecule has 1 aliphatic rings. The molecule has 5 rings (SSSR count). The lowest BCUT2D eigenvalue weighted by Crippen LogP contribution is -2.38. The van der Waals surface area contributed by atoms with E-state index in [4.69, 9.17) is 9.73 Å². The number of fused-ring (bicyclic) bond motifs is 1. The van der Waals surface area contributed by atoms with Crippen molar-refractivity contribution < 1.29 is 9.53 Å². The summed E-state index contributed by atoms with van der Waals surface area (Å²) in [5.74, 6) is -0.245. The van der Waals surface area contributed by atoms with E-state index in [0.717, 1.165) is 33.3 Å². The number of rotatable bonds is 4. The van der Waals surface area contributed by atoms with Crippen LogP contribution in [0.25, 0.3) is 10.9 Å². The zero-order valence-corrected chi connectivity index (χ0v) is 16.9. The lowest BCUT2D eigenvalue weighted by molar-refractivity contribution is -0.138. The fourth-order valence-electron chi connectivity index (χ4n) is 4.45. The van der Waals surface area contributed by atoms with Crippen LogP contribution in [0.2, 0.25) is 0 Å². The van der Waals surface area contributed by atoms with E-state index in [1.807, 2.05) is 67.6 Å². The average Bonchev–Trinajstić information content (AvgIpc) is 3.26. The van der Waals surface area contributed by atoms with Crippen molar-refractivity contribution in [2.75, 3.05) is 0 Å². The van der Waals surface area contributed by atoms with Gasteiger partial charge in [-0.05, 0) is 43.2 Å². The van der Waals surface area contributed by atoms with E-state index in [1.165, 1.54) is 0 Å². The first kappa shape index (κ1) is 18.4. The Morgan fingerprint density at radius 1 is 0.900 bits per heavy atom. The number of benzene rings is 3. The Bertz CT molecular complexity index is 1260. The van der Waals surface area contributed by atoms with Crippen molar-refractivity contribution in [3.8, 4) is 0 Å². The minimum absolute atomic E-state index is 0.288. The average molecular weight is 394 g/mol. The number of hydrogen-bond acceptors (Lipinski definition) is 3. The molecule has 0 fully saturated rings. The van der Waals surface area contributed by atoms with E-state index < -0.39 is 5.54 Å². The quantitative estimate of drug-likeness (QED) is 0.473. The summed E-state index contributed by atoms with van der Waals surface area (Å²) in [5.41, 5.74) is 3.91. The first-order valence-corrected chi connectivity index (χ1v) is 10.1. The lowest BCUT2D eigenvalue weighted by Gasteiger charge is -2.29. The van der Waals surface area contributed by atoms with E-state index in [-0.39, 0.29) is 11.9 Å². The van der Waals surface area contributed by atoms with Gasteiger partial charge in [0.1, 0.15) is 0 Å². The summed E-state index contributed by atoms with van der Waals surface area (Å²) in [5, 5.41) is 1.10. The summed E-state index contributed by atoms with van der Waals surface area (Å²) in [4.78, 5) is 21.6. The fraction of sp³-hybridized carbons (Fsp3) is 0.154. The highest BCUT2D eigenvalue weighted by molar-refractivity contribution is 6.08. The van der Waals surface area contributed by atoms with Gasteiger partial charge in [-0.3, -0.25) is 0 Å². The van der Waals surface area contributed by atoms with Gasteiger partial charge in [0, 0.05) is 28.1 Å². The smallest absolute Gasteiger partial charge is 0.341 e. The van der Waals surface area contributed by atoms with Gasteiger partial charge < -0.3 is 9.72 Å². The van der Waals surface area contributed by atoms with E-state index in [2.05, 4.69) is 36.2 Å². The van der Waals surface area contributed by atoms with Crippen LogP contribution in [-0.2, 0) is 9.53 Å². The number of cyclic esters (lactones) is 1. The van der Waals surface area contributed by atoms with Crippen LogP contribution in [0, 0.1) is 6.92 Å². The molecule has 2 heterocycles. The van der Waals surface area contributed by atoms with Gasteiger partial charge in [0.05, 0.1) is 0 Å². The van der Waals surface area contributed by atoms with Gasteiger partial charge in [0.15, 0.2) is 5.54 Å². The molecular weight excluding hydrogens is 372 g/mol. The van der Waals surface area contributed by atoms with Crippen LogP contribution in [0.15, 0.2) is 89.9 Å². The maximum atomic E-state index is 13.3. The van der Waals surface area contributed by atoms with E-state index >= 15 is 0 Å². The number of carbonyl (C=O) groups is 1. The van der Waals surface area contributed by atoms with Gasteiger partial charge in [0.2, 0.25) is 5.90 Å². The Labute approximate surface area is 175 Å². The van der Waals surface area contributed by atoms with Crippen LogP contribution in [0.5, 0.6) is 0 Å². The molecule has 0 amide bonds. The monoisotopic (exact) mass is 394 g/mol. The largest absolute Gasteiger partial charge is 0.405 e. The third kappa shape index (κ3) is 2.84. The number of hydrogen-bond donors (Lipinski definition) is 1. The topological polar surface area (TPSA) is 54.4 Å². The van der Waals surface area contributed by atoms with Crippen molar-refractivity contribution in [1.82, 2.24) is 4.98 Å². The molecule has 0 radical (unpaired) electrons. The van der Waals surface area contributed by atoms with Crippen LogP contribution in [-0.4, -0.2) is 22.4 Å². The molecule has 3 aromatic carbocycles. The molecule has 0 unspecified atom stereocenters. The van der Waals surface area contributed by atoms with Crippen LogP contribution in [0.3, 0.4) is 0 Å². The van der Waals surface area contributed by atoms with E-state index in [0.29, 0.717) is 5.90 Å². The number of aromatic nitrogens is 1. The van der Waals surface area contributed by atoms with Crippen molar-refractivity contribution in [2.24, 2.45) is 4.99 Å². The Kier molecular flexibility index (Phi) is 4.28. The number of aliphatic imine (C=N–C) groups is 1. The Morgan fingerprint density at radius 2 is 1.53 bits per heavy atom. The van der Waals surface area contributed by atoms with Gasteiger partial charge in [-0.25, -0.2) is 9.79 Å². The maximum Gasteiger partial charge on any atom is 0.341 e. The number of ether oxygens (including phenoxy) is 1. The molecule has 2 atom stereocenters. The summed E-state index contributed by atoms with van der Waals surface area (Å²) < 4.78 is 5.72. The normalized spacial score (nSPS) is 19.5. The van der Waals surface area contributed by atoms with Crippen molar-refractivity contribution in [3.05, 3.63) is 107 Å². The number of aromatic amines is 1. The highest BCUT2D eigenvalue weighted by atomic mass is 16.6. The van der Waals surface area contributed by atoms with Crippen molar-refractivity contribution in [3.63, 3.8) is 0 Å². The Balaban J connectivity index is 1.75. The molecule has 0 saturated heterocycles. The number of para-hydroxylation sites is 1. The molecule has 1 aromatic heterocycles. The molecule has 4 heteroatoms. The van der Waals surface area contributed by atoms with Crippen molar-refractivity contribution >= 4 is 22.8 Å². The van der Waals surface area contributed by atoms with Crippen LogP contribution < -0.4 is 0 Å². The summed E-state index contributed by atoms with van der Waals surface area (Å²) in [6.45, 7) is 3.93. The summed E-state index contributed by atoms with van der Waals surface area (Å²) >= 11 is 0. The second-order valence-electron chi connectivity index (χ2n) is 7.87. The highest BCUT2D eigenvalue weighted by Crippen LogP contribution is 2.45. The van der Waals surface area contributed by atoms with Crippen LogP contribution in [0.4, 0.5) is 0 Å². The highest BCUT2D eigenvalue weighted by Gasteiger charge is 2.50. The third-order valence-corrected chi connectivity index (χ3v) is 5.88. The van der Waals surface area contributed by atoms with Crippen LogP contribution in [0.1, 0.15) is 35.2 Å². The zero-order chi connectivity index (χ0) is 20.7. The standard InChI is InChI=1S/C26H22N2O2/c1-17-22(20-15-9-10-16-21(20)27-17)23(18-11-5-3-6-12-18)26(2)25(29)30-24(28-26)19-13-7-4-8-14-19/h3-16,23,27H,1-2H3/t23-,26+/m1/s1. The SMILES string of the molecule is Cc1[nH]c2ccccc2c1[C@@H](c1ccccc1)[C@]1(C)N=C(c2ccccc2)OC1=O. The second kappa shape index (κ2) is 6.99. The van der Waals surface area contributed by atoms with Gasteiger partial charge in [0.25, 0.3) is 0 Å². The number of nitrogens with zero attached hydrogens (tertiary/aromatic N) is 1. The van der Waals surface area contributed by atoms with Gasteiger partial charge in [-0.1, -0.05) is 66.7 Å². The molecular formula is C26H22N2O2. The molecule has 1 aliphatic heterocycles. The summed E-state index contributed by atoms with van der Waals surface area (Å²) in [6, 6.07) is 27.9. The molecule has 1 N–H and O–H groups in total. The first-order chi connectivity index (χ1) is 14.6.